The molecular formula is C15H23N3O4. The first-order valence-electron chi connectivity index (χ1n) is 7.03. The number of nitriles is 1. The Balaban J connectivity index is 3.03. The molecule has 0 saturated carbocycles. The molecule has 0 aromatic heterocycles. The molecule has 0 saturated heterocycles. The van der Waals surface area contributed by atoms with Crippen LogP contribution in [0.15, 0.2) is 12.2 Å². The van der Waals surface area contributed by atoms with Crippen molar-refractivity contribution in [2.24, 2.45) is 0 Å². The number of ether oxygens (including phenoxy) is 2. The van der Waals surface area contributed by atoms with Gasteiger partial charge in [-0.1, -0.05) is 6.08 Å². The average molecular weight is 309 g/mol. The summed E-state index contributed by atoms with van der Waals surface area (Å²) in [6.45, 7) is 10.4. The number of carbonyl (C=O) groups is 2. The minimum Gasteiger partial charge on any atom is -0.442 e. The number of nitrogens with zero attached hydrogens (tertiary/aromatic N) is 3. The molecule has 0 aromatic rings. The van der Waals surface area contributed by atoms with Crippen LogP contribution in [0.5, 0.6) is 0 Å². The van der Waals surface area contributed by atoms with Crippen LogP contribution in [0.3, 0.4) is 0 Å². The van der Waals surface area contributed by atoms with Gasteiger partial charge in [0.2, 0.25) is 0 Å². The first-order valence-corrected chi connectivity index (χ1v) is 7.03. The average Bonchev–Trinajstić information content (AvgIpc) is 2.33. The highest BCUT2D eigenvalue weighted by Gasteiger charge is 2.38. The summed E-state index contributed by atoms with van der Waals surface area (Å²) in [5.41, 5.74) is -1.45. The zero-order valence-corrected chi connectivity index (χ0v) is 13.9. The van der Waals surface area contributed by atoms with Crippen molar-refractivity contribution in [3.63, 3.8) is 0 Å². The summed E-state index contributed by atoms with van der Waals surface area (Å²) in [6.07, 6.45) is 1.71. The lowest BCUT2D eigenvalue weighted by Gasteiger charge is -2.39. The smallest absolute Gasteiger partial charge is 0.431 e. The van der Waals surface area contributed by atoms with Crippen molar-refractivity contribution in [3.05, 3.63) is 12.2 Å². The molecule has 7 heteroatoms. The molecule has 1 aliphatic heterocycles. The highest BCUT2D eigenvalue weighted by molar-refractivity contribution is 5.76. The van der Waals surface area contributed by atoms with Gasteiger partial charge in [0.1, 0.15) is 11.2 Å². The highest BCUT2D eigenvalue weighted by Crippen LogP contribution is 2.20. The molecule has 0 N–H and O–H groups in total. The summed E-state index contributed by atoms with van der Waals surface area (Å²) in [6, 6.07) is 1.04. The van der Waals surface area contributed by atoms with Gasteiger partial charge >= 0.3 is 12.2 Å². The van der Waals surface area contributed by atoms with Crippen LogP contribution >= 0.6 is 0 Å². The summed E-state index contributed by atoms with van der Waals surface area (Å²) in [5, 5.41) is 11.3. The third-order valence-electron chi connectivity index (χ3n) is 2.44. The predicted molar refractivity (Wildman–Crippen MR) is 79.6 cm³/mol. The van der Waals surface area contributed by atoms with E-state index in [9.17, 15) is 14.9 Å². The number of amides is 2. The zero-order valence-electron chi connectivity index (χ0n) is 13.9. The Morgan fingerprint density at radius 1 is 1.09 bits per heavy atom. The molecule has 1 heterocycles. The second-order valence-electron chi connectivity index (χ2n) is 6.89. The van der Waals surface area contributed by atoms with Crippen LogP contribution in [-0.2, 0) is 9.47 Å². The van der Waals surface area contributed by atoms with Crippen LogP contribution < -0.4 is 0 Å². The van der Waals surface area contributed by atoms with E-state index in [1.165, 1.54) is 0 Å². The van der Waals surface area contributed by atoms with Gasteiger partial charge in [-0.2, -0.15) is 10.3 Å². The van der Waals surface area contributed by atoms with E-state index in [0.717, 1.165) is 10.0 Å². The van der Waals surface area contributed by atoms with E-state index in [2.05, 4.69) is 0 Å². The standard InChI is InChI=1S/C15H23N3O4/c1-14(2,3)21-12(19)17-9-7-8-11(10-16)18(17)13(20)22-15(4,5)6/h7-8,11H,9H2,1-6H3. The van der Waals surface area contributed by atoms with Crippen molar-refractivity contribution >= 4 is 12.2 Å². The largest absolute Gasteiger partial charge is 0.442 e. The van der Waals surface area contributed by atoms with E-state index in [4.69, 9.17) is 9.47 Å². The minimum absolute atomic E-state index is 0.131. The Bertz CT molecular complexity index is 508. The number of hydrogen-bond acceptors (Lipinski definition) is 5. The molecule has 22 heavy (non-hydrogen) atoms. The Kier molecular flexibility index (Phi) is 5.07. The van der Waals surface area contributed by atoms with Crippen molar-refractivity contribution in [1.82, 2.24) is 10.0 Å². The molecule has 1 atom stereocenters. The first-order chi connectivity index (χ1) is 9.94. The molecule has 1 aliphatic rings. The van der Waals surface area contributed by atoms with E-state index in [0.29, 0.717) is 0 Å². The fourth-order valence-corrected chi connectivity index (χ4v) is 1.70. The van der Waals surface area contributed by atoms with Gasteiger partial charge in [-0.25, -0.2) is 14.6 Å². The van der Waals surface area contributed by atoms with Crippen LogP contribution in [0, 0.1) is 11.3 Å². The van der Waals surface area contributed by atoms with E-state index >= 15 is 0 Å². The SMILES string of the molecule is CC(C)(C)OC(=O)N1CC=CC(C#N)N1C(=O)OC(C)(C)C. The lowest BCUT2D eigenvalue weighted by molar-refractivity contribution is -0.0650. The van der Waals surface area contributed by atoms with Crippen LogP contribution in [-0.4, -0.2) is 46.0 Å². The van der Waals surface area contributed by atoms with Gasteiger partial charge in [-0.05, 0) is 47.6 Å². The van der Waals surface area contributed by atoms with Gasteiger partial charge in [0, 0.05) is 0 Å². The summed E-state index contributed by atoms with van der Waals surface area (Å²) in [4.78, 5) is 24.6. The molecular weight excluding hydrogens is 286 g/mol. The topological polar surface area (TPSA) is 82.9 Å². The van der Waals surface area contributed by atoms with Gasteiger partial charge in [0.05, 0.1) is 12.6 Å². The van der Waals surface area contributed by atoms with Gasteiger partial charge < -0.3 is 9.47 Å². The number of carbonyl (C=O) groups excluding carboxylic acids is 2. The Morgan fingerprint density at radius 2 is 1.59 bits per heavy atom. The quantitative estimate of drug-likeness (QED) is 0.642. The van der Waals surface area contributed by atoms with Crippen molar-refractivity contribution in [2.75, 3.05) is 6.54 Å². The van der Waals surface area contributed by atoms with Crippen LogP contribution in [0.25, 0.3) is 0 Å². The van der Waals surface area contributed by atoms with Gasteiger partial charge in [0.15, 0.2) is 6.04 Å². The summed E-state index contributed by atoms with van der Waals surface area (Å²) in [7, 11) is 0. The van der Waals surface area contributed by atoms with Gasteiger partial charge in [-0.3, -0.25) is 0 Å². The zero-order chi connectivity index (χ0) is 17.1. The molecule has 0 radical (unpaired) electrons. The molecule has 0 bridgehead atoms. The van der Waals surface area contributed by atoms with Crippen LogP contribution in [0.1, 0.15) is 41.5 Å². The Morgan fingerprint density at radius 3 is 2.05 bits per heavy atom. The third kappa shape index (κ3) is 4.95. The number of hydrogen-bond donors (Lipinski definition) is 0. The monoisotopic (exact) mass is 309 g/mol. The molecule has 7 nitrogen and oxygen atoms in total. The van der Waals surface area contributed by atoms with Gasteiger partial charge in [0.25, 0.3) is 0 Å². The molecule has 0 fully saturated rings. The van der Waals surface area contributed by atoms with E-state index in [-0.39, 0.29) is 6.54 Å². The normalized spacial score (nSPS) is 18.7. The molecule has 122 valence electrons. The maximum atomic E-state index is 12.3. The van der Waals surface area contributed by atoms with Crippen molar-refractivity contribution in [3.8, 4) is 6.07 Å². The van der Waals surface area contributed by atoms with Gasteiger partial charge in [-0.15, -0.1) is 0 Å². The molecule has 0 aromatic carbocycles. The second kappa shape index (κ2) is 6.26. The van der Waals surface area contributed by atoms with E-state index < -0.39 is 29.4 Å². The van der Waals surface area contributed by atoms with Crippen LogP contribution in [0.2, 0.25) is 0 Å². The molecule has 0 aliphatic carbocycles. The van der Waals surface area contributed by atoms with Crippen LogP contribution in [0.4, 0.5) is 9.59 Å². The summed E-state index contributed by atoms with van der Waals surface area (Å²) in [5.74, 6) is 0. The van der Waals surface area contributed by atoms with E-state index in [1.54, 1.807) is 53.7 Å². The maximum Gasteiger partial charge on any atom is 0.431 e. The van der Waals surface area contributed by atoms with E-state index in [1.807, 2.05) is 6.07 Å². The molecule has 1 rings (SSSR count). The Hall–Kier alpha value is -2.23. The van der Waals surface area contributed by atoms with Crippen molar-refractivity contribution < 1.29 is 19.1 Å². The lowest BCUT2D eigenvalue weighted by atomic mass is 10.2. The first kappa shape index (κ1) is 17.8. The molecule has 2 amide bonds. The Labute approximate surface area is 131 Å². The van der Waals surface area contributed by atoms with Crippen molar-refractivity contribution in [1.29, 1.82) is 5.26 Å². The molecule has 1 unspecified atom stereocenters. The van der Waals surface area contributed by atoms with Crippen molar-refractivity contribution in [2.45, 2.75) is 58.8 Å². The number of rotatable bonds is 0. The lowest BCUT2D eigenvalue weighted by Crippen LogP contribution is -2.57. The summed E-state index contributed by atoms with van der Waals surface area (Å²) < 4.78 is 10.5. The second-order valence-corrected chi connectivity index (χ2v) is 6.89. The fraction of sp³-hybridized carbons (Fsp3) is 0.667. The highest BCUT2D eigenvalue weighted by atomic mass is 16.6. The third-order valence-corrected chi connectivity index (χ3v) is 2.44. The minimum atomic E-state index is -0.920. The summed E-state index contributed by atoms with van der Waals surface area (Å²) >= 11 is 0. The molecule has 0 spiro atoms. The number of hydrazine groups is 1. The maximum absolute atomic E-state index is 12.3. The fourth-order valence-electron chi connectivity index (χ4n) is 1.70. The predicted octanol–water partition coefficient (Wildman–Crippen LogP) is 2.84.